The van der Waals surface area contributed by atoms with E-state index in [0.717, 1.165) is 36.2 Å². The number of fused-ring (bicyclic) bond motifs is 3. The van der Waals surface area contributed by atoms with Crippen molar-refractivity contribution in [2.45, 2.75) is 32.7 Å². The van der Waals surface area contributed by atoms with Gasteiger partial charge in [-0.05, 0) is 31.0 Å². The summed E-state index contributed by atoms with van der Waals surface area (Å²) < 4.78 is 0. The molecule has 2 N–H and O–H groups in total. The lowest BCUT2D eigenvalue weighted by molar-refractivity contribution is 0.0939. The molecule has 0 saturated carbocycles. The van der Waals surface area contributed by atoms with Crippen LogP contribution in [0, 0.1) is 5.92 Å². The summed E-state index contributed by atoms with van der Waals surface area (Å²) in [6.45, 7) is 4.82. The molecule has 4 nitrogen and oxygen atoms in total. The number of hydrogen-bond acceptors (Lipinski definition) is 4. The molecule has 1 atom stereocenters. The van der Waals surface area contributed by atoms with Crippen molar-refractivity contribution in [2.24, 2.45) is 16.6 Å². The summed E-state index contributed by atoms with van der Waals surface area (Å²) in [7, 11) is 0. The molecular weight excluding hydrogens is 238 g/mol. The Morgan fingerprint density at radius 2 is 2.26 bits per heavy atom. The van der Waals surface area contributed by atoms with Gasteiger partial charge in [0, 0.05) is 23.6 Å². The SMILES string of the molecule is CC(C)C(=O)c1ccc2c(c1)C1CCCN1C(N)=N2. The van der Waals surface area contributed by atoms with Crippen LogP contribution in [-0.4, -0.2) is 23.2 Å². The topological polar surface area (TPSA) is 58.7 Å². The molecular formula is C15H19N3O. The fourth-order valence-electron chi connectivity index (χ4n) is 2.96. The fourth-order valence-corrected chi connectivity index (χ4v) is 2.96. The normalized spacial score (nSPS) is 21.1. The smallest absolute Gasteiger partial charge is 0.197 e. The van der Waals surface area contributed by atoms with E-state index >= 15 is 0 Å². The Morgan fingerprint density at radius 3 is 3.00 bits per heavy atom. The number of nitrogens with two attached hydrogens (primary N) is 1. The predicted molar refractivity (Wildman–Crippen MR) is 75.6 cm³/mol. The lowest BCUT2D eigenvalue weighted by atomic mass is 9.94. The summed E-state index contributed by atoms with van der Waals surface area (Å²) >= 11 is 0. The van der Waals surface area contributed by atoms with E-state index < -0.39 is 0 Å². The Labute approximate surface area is 113 Å². The van der Waals surface area contributed by atoms with Crippen molar-refractivity contribution < 1.29 is 4.79 Å². The van der Waals surface area contributed by atoms with Crippen molar-refractivity contribution in [2.75, 3.05) is 6.54 Å². The van der Waals surface area contributed by atoms with Crippen molar-refractivity contribution >= 4 is 17.4 Å². The van der Waals surface area contributed by atoms with E-state index in [2.05, 4.69) is 9.89 Å². The van der Waals surface area contributed by atoms with E-state index in [1.54, 1.807) is 0 Å². The lowest BCUT2D eigenvalue weighted by Crippen LogP contribution is -2.38. The molecule has 2 aliphatic heterocycles. The van der Waals surface area contributed by atoms with Crippen molar-refractivity contribution in [3.05, 3.63) is 29.3 Å². The number of carbonyl (C=O) groups is 1. The molecule has 1 unspecified atom stereocenters. The van der Waals surface area contributed by atoms with Gasteiger partial charge in [-0.3, -0.25) is 4.79 Å². The first-order valence-electron chi connectivity index (χ1n) is 6.87. The highest BCUT2D eigenvalue weighted by Gasteiger charge is 2.33. The molecule has 1 aromatic rings. The number of aliphatic imine (C=N–C) groups is 1. The second-order valence-electron chi connectivity index (χ2n) is 5.61. The van der Waals surface area contributed by atoms with E-state index in [0.29, 0.717) is 12.0 Å². The van der Waals surface area contributed by atoms with E-state index in [1.807, 2.05) is 32.0 Å². The molecule has 1 fully saturated rings. The van der Waals surface area contributed by atoms with Gasteiger partial charge >= 0.3 is 0 Å². The van der Waals surface area contributed by atoms with Gasteiger partial charge < -0.3 is 10.6 Å². The number of hydrogen-bond donors (Lipinski definition) is 1. The predicted octanol–water partition coefficient (Wildman–Crippen LogP) is 2.62. The molecule has 100 valence electrons. The fraction of sp³-hybridized carbons (Fsp3) is 0.467. The van der Waals surface area contributed by atoms with Crippen molar-refractivity contribution in [3.8, 4) is 0 Å². The summed E-state index contributed by atoms with van der Waals surface area (Å²) in [6.07, 6.45) is 2.21. The first-order chi connectivity index (χ1) is 9.08. The van der Waals surface area contributed by atoms with Crippen LogP contribution in [0.15, 0.2) is 23.2 Å². The zero-order chi connectivity index (χ0) is 13.6. The highest BCUT2D eigenvalue weighted by Crippen LogP contribution is 2.40. The highest BCUT2D eigenvalue weighted by atomic mass is 16.1. The van der Waals surface area contributed by atoms with E-state index in [1.165, 1.54) is 0 Å². The molecule has 4 heteroatoms. The van der Waals surface area contributed by atoms with Crippen molar-refractivity contribution in [1.82, 2.24) is 4.90 Å². The zero-order valence-electron chi connectivity index (χ0n) is 11.4. The Bertz CT molecular complexity index is 563. The molecule has 1 saturated heterocycles. The number of guanidine groups is 1. The monoisotopic (exact) mass is 257 g/mol. The maximum Gasteiger partial charge on any atom is 0.197 e. The van der Waals surface area contributed by atoms with E-state index in [9.17, 15) is 4.79 Å². The number of Topliss-reactive ketones (excluding diaryl/α,β-unsaturated/α-hetero) is 1. The maximum absolute atomic E-state index is 12.1. The van der Waals surface area contributed by atoms with Gasteiger partial charge in [0.15, 0.2) is 11.7 Å². The van der Waals surface area contributed by atoms with Crippen LogP contribution in [0.5, 0.6) is 0 Å². The molecule has 19 heavy (non-hydrogen) atoms. The van der Waals surface area contributed by atoms with Gasteiger partial charge in [0.05, 0.1) is 11.7 Å². The van der Waals surface area contributed by atoms with Crippen LogP contribution in [0.25, 0.3) is 0 Å². The average molecular weight is 257 g/mol. The van der Waals surface area contributed by atoms with Gasteiger partial charge in [0.1, 0.15) is 0 Å². The summed E-state index contributed by atoms with van der Waals surface area (Å²) in [5.41, 5.74) is 8.85. The standard InChI is InChI=1S/C15H19N3O/c1-9(2)14(19)10-5-6-12-11(8-10)13-4-3-7-18(13)15(16)17-12/h5-6,8-9,13H,3-4,7H2,1-2H3,(H2,16,17). The number of ketones is 1. The molecule has 0 amide bonds. The molecule has 0 aliphatic carbocycles. The lowest BCUT2D eigenvalue weighted by Gasteiger charge is -2.31. The van der Waals surface area contributed by atoms with Crippen LogP contribution in [0.3, 0.4) is 0 Å². The van der Waals surface area contributed by atoms with Gasteiger partial charge in [-0.2, -0.15) is 0 Å². The zero-order valence-corrected chi connectivity index (χ0v) is 11.4. The second kappa shape index (κ2) is 4.37. The van der Waals surface area contributed by atoms with E-state index in [-0.39, 0.29) is 11.7 Å². The van der Waals surface area contributed by atoms with Gasteiger partial charge in [-0.15, -0.1) is 0 Å². The Kier molecular flexibility index (Phi) is 2.81. The Balaban J connectivity index is 2.06. The molecule has 0 radical (unpaired) electrons. The van der Waals surface area contributed by atoms with Gasteiger partial charge in [-0.1, -0.05) is 13.8 Å². The maximum atomic E-state index is 12.1. The molecule has 1 aromatic carbocycles. The third-order valence-corrected chi connectivity index (χ3v) is 3.98. The van der Waals surface area contributed by atoms with Crippen LogP contribution >= 0.6 is 0 Å². The minimum absolute atomic E-state index is 0.0230. The minimum atomic E-state index is 0.0230. The summed E-state index contributed by atoms with van der Waals surface area (Å²) in [5, 5.41) is 0. The van der Waals surface area contributed by atoms with Crippen LogP contribution in [0.1, 0.15) is 48.7 Å². The minimum Gasteiger partial charge on any atom is -0.369 e. The molecule has 0 spiro atoms. The number of nitrogens with zero attached hydrogens (tertiary/aromatic N) is 2. The highest BCUT2D eigenvalue weighted by molar-refractivity contribution is 5.98. The summed E-state index contributed by atoms with van der Waals surface area (Å²) in [6, 6.07) is 6.10. The second-order valence-corrected chi connectivity index (χ2v) is 5.61. The van der Waals surface area contributed by atoms with Crippen molar-refractivity contribution in [3.63, 3.8) is 0 Å². The van der Waals surface area contributed by atoms with Crippen LogP contribution in [0.2, 0.25) is 0 Å². The van der Waals surface area contributed by atoms with Crippen LogP contribution in [-0.2, 0) is 0 Å². The molecule has 0 bridgehead atoms. The number of carbonyl (C=O) groups excluding carboxylic acids is 1. The third-order valence-electron chi connectivity index (χ3n) is 3.98. The average Bonchev–Trinajstić information content (AvgIpc) is 2.87. The molecule has 2 aliphatic rings. The van der Waals surface area contributed by atoms with Gasteiger partial charge in [0.2, 0.25) is 0 Å². The summed E-state index contributed by atoms with van der Waals surface area (Å²) in [4.78, 5) is 18.7. The quantitative estimate of drug-likeness (QED) is 0.828. The molecule has 0 aromatic heterocycles. The van der Waals surface area contributed by atoms with E-state index in [4.69, 9.17) is 5.73 Å². The Morgan fingerprint density at radius 1 is 1.47 bits per heavy atom. The van der Waals surface area contributed by atoms with Gasteiger partial charge in [-0.25, -0.2) is 4.99 Å². The third kappa shape index (κ3) is 1.91. The first-order valence-corrected chi connectivity index (χ1v) is 6.87. The number of benzene rings is 1. The summed E-state index contributed by atoms with van der Waals surface area (Å²) in [5.74, 6) is 0.822. The van der Waals surface area contributed by atoms with Crippen LogP contribution in [0.4, 0.5) is 5.69 Å². The van der Waals surface area contributed by atoms with Gasteiger partial charge in [0.25, 0.3) is 0 Å². The first kappa shape index (κ1) is 12.2. The molecule has 2 heterocycles. The molecule has 3 rings (SSSR count). The number of rotatable bonds is 2. The Hall–Kier alpha value is -1.84. The van der Waals surface area contributed by atoms with Crippen molar-refractivity contribution in [1.29, 1.82) is 0 Å². The van der Waals surface area contributed by atoms with Crippen LogP contribution < -0.4 is 5.73 Å². The largest absolute Gasteiger partial charge is 0.369 e.